The van der Waals surface area contributed by atoms with Crippen molar-refractivity contribution in [3.05, 3.63) is 39.5 Å². The van der Waals surface area contributed by atoms with E-state index in [9.17, 15) is 9.59 Å². The predicted molar refractivity (Wildman–Crippen MR) is 90.1 cm³/mol. The minimum Gasteiger partial charge on any atom is -0.395 e. The van der Waals surface area contributed by atoms with Crippen molar-refractivity contribution in [2.75, 3.05) is 20.2 Å². The zero-order chi connectivity index (χ0) is 17.3. The number of amides is 2. The fraction of sp³-hybridized carbons (Fsp3) is 0.375. The number of aliphatic hydroxyl groups is 1. The number of hydrogen-bond donors (Lipinski definition) is 1. The highest BCUT2D eigenvalue weighted by molar-refractivity contribution is 6.41. The number of carbonyl (C=O) groups is 2. The second kappa shape index (κ2) is 6.91. The summed E-state index contributed by atoms with van der Waals surface area (Å²) in [5.74, 6) is -0.782. The summed E-state index contributed by atoms with van der Waals surface area (Å²) in [4.78, 5) is 28.2. The number of halogens is 2. The van der Waals surface area contributed by atoms with Gasteiger partial charge in [-0.2, -0.15) is 0 Å². The molecule has 1 aliphatic heterocycles. The van der Waals surface area contributed by atoms with Crippen molar-refractivity contribution < 1.29 is 14.7 Å². The third-order valence-electron chi connectivity index (χ3n) is 3.62. The van der Waals surface area contributed by atoms with Gasteiger partial charge in [0.15, 0.2) is 0 Å². The summed E-state index contributed by atoms with van der Waals surface area (Å²) in [6, 6.07) is 4.50. The van der Waals surface area contributed by atoms with Crippen LogP contribution in [0.2, 0.25) is 10.0 Å². The third-order valence-corrected chi connectivity index (χ3v) is 4.17. The van der Waals surface area contributed by atoms with Crippen molar-refractivity contribution in [3.63, 3.8) is 0 Å². The van der Waals surface area contributed by atoms with Crippen LogP contribution in [0.5, 0.6) is 0 Å². The van der Waals surface area contributed by atoms with E-state index in [4.69, 9.17) is 28.3 Å². The second-order valence-corrected chi connectivity index (χ2v) is 6.41. The maximum absolute atomic E-state index is 12.8. The van der Waals surface area contributed by atoms with Crippen molar-refractivity contribution in [2.45, 2.75) is 19.9 Å². The summed E-state index contributed by atoms with van der Waals surface area (Å²) in [5, 5.41) is 9.90. The largest absolute Gasteiger partial charge is 0.395 e. The van der Waals surface area contributed by atoms with Crippen molar-refractivity contribution in [3.8, 4) is 0 Å². The predicted octanol–water partition coefficient (Wildman–Crippen LogP) is 2.41. The fourth-order valence-electron chi connectivity index (χ4n) is 2.55. The number of nitrogens with zero attached hydrogens (tertiary/aromatic N) is 2. The molecule has 1 aliphatic rings. The molecule has 23 heavy (non-hydrogen) atoms. The normalized spacial score (nSPS) is 15.2. The molecule has 0 aliphatic carbocycles. The van der Waals surface area contributed by atoms with Crippen LogP contribution in [0.3, 0.4) is 0 Å². The van der Waals surface area contributed by atoms with Crippen molar-refractivity contribution in [2.24, 2.45) is 0 Å². The Morgan fingerprint density at radius 3 is 2.39 bits per heavy atom. The zero-order valence-electron chi connectivity index (χ0n) is 13.1. The molecule has 0 radical (unpaired) electrons. The van der Waals surface area contributed by atoms with Gasteiger partial charge in [-0.1, -0.05) is 29.3 Å². The smallest absolute Gasteiger partial charge is 0.278 e. The van der Waals surface area contributed by atoms with Crippen LogP contribution in [-0.4, -0.2) is 53.0 Å². The first-order chi connectivity index (χ1) is 10.8. The molecule has 0 unspecified atom stereocenters. The Morgan fingerprint density at radius 2 is 1.87 bits per heavy atom. The van der Waals surface area contributed by atoms with Crippen molar-refractivity contribution in [1.29, 1.82) is 0 Å². The highest BCUT2D eigenvalue weighted by Gasteiger charge is 2.42. The zero-order valence-corrected chi connectivity index (χ0v) is 14.6. The quantitative estimate of drug-likeness (QED) is 0.823. The van der Waals surface area contributed by atoms with Crippen LogP contribution in [0.15, 0.2) is 23.9 Å². The standard InChI is InChI=1S/C16H18Cl2N2O3/c1-9(2)20-15(22)13(11-5-4-10(17)8-12(11)18)14(16(20)23)19(3)6-7-21/h4-5,8-9,21H,6-7H2,1-3H3. The lowest BCUT2D eigenvalue weighted by atomic mass is 10.0. The van der Waals surface area contributed by atoms with E-state index in [1.807, 2.05) is 0 Å². The molecule has 1 heterocycles. The molecule has 124 valence electrons. The average molecular weight is 357 g/mol. The number of carbonyl (C=O) groups excluding carboxylic acids is 2. The Kier molecular flexibility index (Phi) is 5.34. The SMILES string of the molecule is CC(C)N1C(=O)C(c2ccc(Cl)cc2Cl)=C(N(C)CCO)C1=O. The number of likely N-dealkylation sites (N-methyl/N-ethyl adjacent to an activating group) is 1. The second-order valence-electron chi connectivity index (χ2n) is 5.57. The third kappa shape index (κ3) is 3.22. The molecule has 0 atom stereocenters. The lowest BCUT2D eigenvalue weighted by molar-refractivity contribution is -0.139. The molecule has 5 nitrogen and oxygen atoms in total. The van der Waals surface area contributed by atoms with E-state index in [-0.39, 0.29) is 36.4 Å². The Morgan fingerprint density at radius 1 is 1.22 bits per heavy atom. The molecule has 1 aromatic carbocycles. The monoisotopic (exact) mass is 356 g/mol. The minimum absolute atomic E-state index is 0.134. The number of aliphatic hydroxyl groups excluding tert-OH is 1. The van der Waals surface area contributed by atoms with Gasteiger partial charge in [0.05, 0.1) is 17.2 Å². The van der Waals surface area contributed by atoms with Crippen LogP contribution in [0.1, 0.15) is 19.4 Å². The van der Waals surface area contributed by atoms with Gasteiger partial charge in [-0.3, -0.25) is 14.5 Å². The summed E-state index contributed by atoms with van der Waals surface area (Å²) in [5.41, 5.74) is 0.931. The van der Waals surface area contributed by atoms with Crippen LogP contribution >= 0.6 is 23.2 Å². The van der Waals surface area contributed by atoms with Crippen molar-refractivity contribution in [1.82, 2.24) is 9.80 Å². The molecule has 1 N–H and O–H groups in total. The average Bonchev–Trinajstić information content (AvgIpc) is 2.70. The molecule has 1 aromatic rings. The van der Waals surface area contributed by atoms with E-state index in [2.05, 4.69) is 0 Å². The van der Waals surface area contributed by atoms with Gasteiger partial charge in [-0.25, -0.2) is 0 Å². The lowest BCUT2D eigenvalue weighted by Gasteiger charge is -2.22. The van der Waals surface area contributed by atoms with E-state index in [0.717, 1.165) is 0 Å². The summed E-state index contributed by atoms with van der Waals surface area (Å²) < 4.78 is 0. The van der Waals surface area contributed by atoms with Gasteiger partial charge in [0, 0.05) is 30.2 Å². The van der Waals surface area contributed by atoms with Gasteiger partial charge in [0.2, 0.25) is 0 Å². The summed E-state index contributed by atoms with van der Waals surface area (Å²) in [6.45, 7) is 3.64. The van der Waals surface area contributed by atoms with Crippen LogP contribution in [0.25, 0.3) is 5.57 Å². The van der Waals surface area contributed by atoms with E-state index in [1.165, 1.54) is 11.0 Å². The Hall–Kier alpha value is -1.56. The van der Waals surface area contributed by atoms with Crippen LogP contribution in [0, 0.1) is 0 Å². The topological polar surface area (TPSA) is 60.9 Å². The van der Waals surface area contributed by atoms with Crippen LogP contribution in [-0.2, 0) is 9.59 Å². The van der Waals surface area contributed by atoms with Crippen molar-refractivity contribution >= 4 is 40.6 Å². The molecule has 0 saturated heterocycles. The summed E-state index contributed by atoms with van der Waals surface area (Å²) in [6.07, 6.45) is 0. The fourth-order valence-corrected chi connectivity index (χ4v) is 3.06. The molecule has 0 bridgehead atoms. The van der Waals surface area contributed by atoms with Gasteiger partial charge in [0.1, 0.15) is 5.70 Å². The number of hydrogen-bond acceptors (Lipinski definition) is 4. The van der Waals surface area contributed by atoms with E-state index in [1.54, 1.807) is 37.9 Å². The molecular formula is C16H18Cl2N2O3. The van der Waals surface area contributed by atoms with Gasteiger partial charge in [0.25, 0.3) is 11.8 Å². The van der Waals surface area contributed by atoms with Gasteiger partial charge in [-0.15, -0.1) is 0 Å². The van der Waals surface area contributed by atoms with Gasteiger partial charge >= 0.3 is 0 Å². The molecule has 0 aromatic heterocycles. The highest BCUT2D eigenvalue weighted by atomic mass is 35.5. The first-order valence-corrected chi connectivity index (χ1v) is 7.94. The maximum Gasteiger partial charge on any atom is 0.278 e. The van der Waals surface area contributed by atoms with Gasteiger partial charge in [-0.05, 0) is 26.0 Å². The molecule has 2 amide bonds. The minimum atomic E-state index is -0.394. The Bertz CT molecular complexity index is 686. The highest BCUT2D eigenvalue weighted by Crippen LogP contribution is 2.36. The summed E-state index contributed by atoms with van der Waals surface area (Å²) >= 11 is 12.1. The molecule has 0 spiro atoms. The maximum atomic E-state index is 12.8. The number of imide groups is 1. The van der Waals surface area contributed by atoms with E-state index < -0.39 is 5.91 Å². The van der Waals surface area contributed by atoms with Gasteiger partial charge < -0.3 is 10.0 Å². The Labute approximate surface area is 145 Å². The lowest BCUT2D eigenvalue weighted by Crippen LogP contribution is -2.39. The molecule has 0 saturated carbocycles. The first kappa shape index (κ1) is 17.8. The van der Waals surface area contributed by atoms with E-state index in [0.29, 0.717) is 15.6 Å². The number of rotatable bonds is 5. The van der Waals surface area contributed by atoms with Crippen LogP contribution < -0.4 is 0 Å². The summed E-state index contributed by atoms with van der Waals surface area (Å²) in [7, 11) is 1.66. The molecule has 7 heteroatoms. The van der Waals surface area contributed by atoms with E-state index >= 15 is 0 Å². The molecule has 0 fully saturated rings. The molecular weight excluding hydrogens is 339 g/mol. The number of benzene rings is 1. The Balaban J connectivity index is 2.65. The van der Waals surface area contributed by atoms with Crippen LogP contribution in [0.4, 0.5) is 0 Å². The first-order valence-electron chi connectivity index (χ1n) is 7.19. The molecule has 2 rings (SSSR count).